The number of nitrogens with two attached hydrogens (primary N) is 1. The van der Waals surface area contributed by atoms with Gasteiger partial charge in [0.15, 0.2) is 5.65 Å². The first-order valence-corrected chi connectivity index (χ1v) is 10.9. The summed E-state index contributed by atoms with van der Waals surface area (Å²) in [7, 11) is 0. The molecule has 4 rings (SSSR count). The maximum atomic E-state index is 12.0. The maximum absolute atomic E-state index is 12.0. The van der Waals surface area contributed by atoms with Gasteiger partial charge in [0.2, 0.25) is 5.91 Å². The minimum Gasteiger partial charge on any atom is -0.494 e. The van der Waals surface area contributed by atoms with Crippen LogP contribution >= 0.6 is 0 Å². The van der Waals surface area contributed by atoms with Crippen molar-refractivity contribution in [3.05, 3.63) is 48.4 Å². The highest BCUT2D eigenvalue weighted by Crippen LogP contribution is 2.29. The van der Waals surface area contributed by atoms with Gasteiger partial charge in [-0.3, -0.25) is 4.79 Å². The molecule has 1 aromatic carbocycles. The molecule has 0 aliphatic carbocycles. The number of carbonyl (C=O) groups is 1. The van der Waals surface area contributed by atoms with Crippen molar-refractivity contribution in [3.8, 4) is 23.3 Å². The number of amides is 1. The molecule has 0 spiro atoms. The average molecular weight is 447 g/mol. The van der Waals surface area contributed by atoms with Gasteiger partial charge < -0.3 is 20.1 Å². The zero-order valence-electron chi connectivity index (χ0n) is 18.7. The molecule has 1 fully saturated rings. The van der Waals surface area contributed by atoms with E-state index in [2.05, 4.69) is 28.4 Å². The molecule has 0 bridgehead atoms. The van der Waals surface area contributed by atoms with Gasteiger partial charge in [0.05, 0.1) is 24.6 Å². The van der Waals surface area contributed by atoms with Gasteiger partial charge in [-0.15, -0.1) is 0 Å². The Morgan fingerprint density at radius 3 is 2.61 bits per heavy atom. The zero-order chi connectivity index (χ0) is 23.4. The van der Waals surface area contributed by atoms with E-state index in [1.807, 2.05) is 32.0 Å². The Morgan fingerprint density at radius 2 is 1.94 bits per heavy atom. The standard InChI is InChI=1S/C24H26N6O3/c1-4-21(31)29-10-9-17(14-29)30-24-22(23(25)26-15-27-24)20(28-30)8-7-16-11-18(32-5-2)13-19(12-16)33-6-3/h4,11-13,15,17H,1,5-6,9-10,14H2,2-3H3,(H2,25,26,27). The van der Waals surface area contributed by atoms with Crippen molar-refractivity contribution in [1.29, 1.82) is 0 Å². The van der Waals surface area contributed by atoms with Crippen LogP contribution in [-0.2, 0) is 4.79 Å². The summed E-state index contributed by atoms with van der Waals surface area (Å²) in [6.45, 7) is 9.65. The highest BCUT2D eigenvalue weighted by Gasteiger charge is 2.29. The average Bonchev–Trinajstić information content (AvgIpc) is 3.43. The number of aromatic nitrogens is 4. The number of likely N-dealkylation sites (tertiary alicyclic amines) is 1. The molecular formula is C24H26N6O3. The first-order valence-electron chi connectivity index (χ1n) is 10.9. The van der Waals surface area contributed by atoms with E-state index in [0.29, 0.717) is 60.3 Å². The van der Waals surface area contributed by atoms with E-state index in [4.69, 9.17) is 20.3 Å². The molecule has 3 aromatic rings. The number of hydrogen-bond donors (Lipinski definition) is 1. The maximum Gasteiger partial charge on any atom is 0.246 e. The van der Waals surface area contributed by atoms with E-state index in [-0.39, 0.29) is 11.9 Å². The minimum atomic E-state index is -0.0950. The van der Waals surface area contributed by atoms with Crippen LogP contribution in [0, 0.1) is 11.8 Å². The zero-order valence-corrected chi connectivity index (χ0v) is 18.7. The van der Waals surface area contributed by atoms with Gasteiger partial charge in [-0.2, -0.15) is 5.10 Å². The molecule has 170 valence electrons. The van der Waals surface area contributed by atoms with Gasteiger partial charge in [-0.1, -0.05) is 12.5 Å². The highest BCUT2D eigenvalue weighted by molar-refractivity contribution is 5.91. The Kier molecular flexibility index (Phi) is 6.45. The van der Waals surface area contributed by atoms with Crippen molar-refractivity contribution in [3.63, 3.8) is 0 Å². The van der Waals surface area contributed by atoms with Crippen molar-refractivity contribution in [1.82, 2.24) is 24.6 Å². The second-order valence-corrected chi connectivity index (χ2v) is 7.49. The summed E-state index contributed by atoms with van der Waals surface area (Å²) >= 11 is 0. The smallest absolute Gasteiger partial charge is 0.246 e. The molecule has 2 aromatic heterocycles. The molecule has 1 saturated heterocycles. The highest BCUT2D eigenvalue weighted by atomic mass is 16.5. The fourth-order valence-corrected chi connectivity index (χ4v) is 3.88. The van der Waals surface area contributed by atoms with Crippen LogP contribution < -0.4 is 15.2 Å². The summed E-state index contributed by atoms with van der Waals surface area (Å²) in [6.07, 6.45) is 3.49. The molecule has 2 N–H and O–H groups in total. The molecule has 0 radical (unpaired) electrons. The predicted molar refractivity (Wildman–Crippen MR) is 125 cm³/mol. The predicted octanol–water partition coefficient (Wildman–Crippen LogP) is 2.57. The minimum absolute atomic E-state index is 0.0351. The monoisotopic (exact) mass is 446 g/mol. The van der Waals surface area contributed by atoms with E-state index < -0.39 is 0 Å². The second kappa shape index (κ2) is 9.61. The molecule has 0 saturated carbocycles. The van der Waals surface area contributed by atoms with E-state index >= 15 is 0 Å². The van der Waals surface area contributed by atoms with Crippen LogP contribution in [0.3, 0.4) is 0 Å². The van der Waals surface area contributed by atoms with Crippen LogP contribution in [0.15, 0.2) is 37.2 Å². The third-order valence-corrected chi connectivity index (χ3v) is 5.34. The SMILES string of the molecule is C=CC(=O)N1CCC(n2nc(C#Cc3cc(OCC)cc(OCC)c3)c3c(N)ncnc32)C1. The van der Waals surface area contributed by atoms with Gasteiger partial charge in [0, 0.05) is 24.7 Å². The number of rotatable bonds is 6. The number of fused-ring (bicyclic) bond motifs is 1. The first-order chi connectivity index (χ1) is 16.0. The molecule has 1 aliphatic heterocycles. The molecule has 9 nitrogen and oxygen atoms in total. The van der Waals surface area contributed by atoms with Crippen LogP contribution in [0.2, 0.25) is 0 Å². The lowest BCUT2D eigenvalue weighted by molar-refractivity contribution is -0.125. The van der Waals surface area contributed by atoms with Gasteiger partial charge in [0.25, 0.3) is 0 Å². The number of hydrogen-bond acceptors (Lipinski definition) is 7. The largest absolute Gasteiger partial charge is 0.494 e. The number of ether oxygens (including phenoxy) is 2. The fourth-order valence-electron chi connectivity index (χ4n) is 3.88. The molecule has 1 atom stereocenters. The topological polar surface area (TPSA) is 108 Å². The van der Waals surface area contributed by atoms with Gasteiger partial charge in [-0.25, -0.2) is 14.6 Å². The second-order valence-electron chi connectivity index (χ2n) is 7.49. The number of carbonyl (C=O) groups excluding carboxylic acids is 1. The Hall–Kier alpha value is -4.06. The lowest BCUT2D eigenvalue weighted by Gasteiger charge is -2.14. The quantitative estimate of drug-likeness (QED) is 0.458. The van der Waals surface area contributed by atoms with Crippen LogP contribution in [0.1, 0.15) is 37.6 Å². The summed E-state index contributed by atoms with van der Waals surface area (Å²) in [5.41, 5.74) is 7.98. The van der Waals surface area contributed by atoms with Crippen LogP contribution in [-0.4, -0.2) is 56.9 Å². The van der Waals surface area contributed by atoms with Crippen LogP contribution in [0.25, 0.3) is 11.0 Å². The molecule has 1 unspecified atom stereocenters. The van der Waals surface area contributed by atoms with E-state index in [9.17, 15) is 4.79 Å². The van der Waals surface area contributed by atoms with Crippen LogP contribution in [0.4, 0.5) is 5.82 Å². The normalized spacial score (nSPS) is 15.2. The third-order valence-electron chi connectivity index (χ3n) is 5.34. The number of benzene rings is 1. The summed E-state index contributed by atoms with van der Waals surface area (Å²) in [6, 6.07) is 5.51. The molecule has 33 heavy (non-hydrogen) atoms. The Morgan fingerprint density at radius 1 is 1.21 bits per heavy atom. The van der Waals surface area contributed by atoms with Crippen LogP contribution in [0.5, 0.6) is 11.5 Å². The van der Waals surface area contributed by atoms with Crippen molar-refractivity contribution in [2.75, 3.05) is 32.0 Å². The molecule has 3 heterocycles. The number of anilines is 1. The molecule has 1 amide bonds. The van der Waals surface area contributed by atoms with Crippen molar-refractivity contribution >= 4 is 22.8 Å². The van der Waals surface area contributed by atoms with Crippen molar-refractivity contribution in [2.24, 2.45) is 0 Å². The van der Waals surface area contributed by atoms with E-state index in [1.165, 1.54) is 12.4 Å². The summed E-state index contributed by atoms with van der Waals surface area (Å²) in [5.74, 6) is 7.85. The Bertz CT molecular complexity index is 1230. The van der Waals surface area contributed by atoms with Gasteiger partial charge in [0.1, 0.15) is 29.3 Å². The number of nitrogen functional groups attached to an aromatic ring is 1. The van der Waals surface area contributed by atoms with Crippen molar-refractivity contribution < 1.29 is 14.3 Å². The fraction of sp³-hybridized carbons (Fsp3) is 0.333. The summed E-state index contributed by atoms with van der Waals surface area (Å²) in [4.78, 5) is 22.3. The molecule has 1 aliphatic rings. The van der Waals surface area contributed by atoms with Crippen molar-refractivity contribution in [2.45, 2.75) is 26.3 Å². The Balaban J connectivity index is 1.73. The Labute approximate surface area is 192 Å². The molecular weight excluding hydrogens is 420 g/mol. The summed E-state index contributed by atoms with van der Waals surface area (Å²) in [5, 5.41) is 5.32. The summed E-state index contributed by atoms with van der Waals surface area (Å²) < 4.78 is 13.1. The third kappa shape index (κ3) is 4.60. The first kappa shape index (κ1) is 22.1. The van der Waals surface area contributed by atoms with Gasteiger partial charge >= 0.3 is 0 Å². The molecule has 9 heteroatoms. The lowest BCUT2D eigenvalue weighted by atomic mass is 10.2. The van der Waals surface area contributed by atoms with E-state index in [0.717, 1.165) is 12.0 Å². The van der Waals surface area contributed by atoms with E-state index in [1.54, 1.807) is 9.58 Å². The number of nitrogens with zero attached hydrogens (tertiary/aromatic N) is 5. The van der Waals surface area contributed by atoms with Gasteiger partial charge in [-0.05, 0) is 44.4 Å². The lowest BCUT2D eigenvalue weighted by Crippen LogP contribution is -2.27.